The second-order valence-electron chi connectivity index (χ2n) is 19.3. The minimum Gasteiger partial charge on any atom is -0.497 e. The van der Waals surface area contributed by atoms with Crippen molar-refractivity contribution in [3.8, 4) is 11.5 Å². The van der Waals surface area contributed by atoms with E-state index in [2.05, 4.69) is 43.5 Å². The van der Waals surface area contributed by atoms with Gasteiger partial charge in [-0.15, -0.1) is 0 Å². The molecule has 1 unspecified atom stereocenters. The number of anilines is 3. The third-order valence-corrected chi connectivity index (χ3v) is 19.4. The molecule has 3 amide bonds. The van der Waals surface area contributed by atoms with Gasteiger partial charge in [0.1, 0.15) is 11.5 Å². The Morgan fingerprint density at radius 1 is 0.853 bits per heavy atom. The van der Waals surface area contributed by atoms with Gasteiger partial charge < -0.3 is 39.5 Å². The Balaban J connectivity index is 1.05. The highest BCUT2D eigenvalue weighted by Crippen LogP contribution is 2.60. The zero-order chi connectivity index (χ0) is 47.7. The predicted octanol–water partition coefficient (Wildman–Crippen LogP) is 7.14. The summed E-state index contributed by atoms with van der Waals surface area (Å²) in [6, 6.07) is 37.0. The molecule has 6 atom stereocenters. The molecular weight excluding hydrogens is 873 g/mol. The summed E-state index contributed by atoms with van der Waals surface area (Å²) < 4.78 is 18.8. The molecule has 0 radical (unpaired) electrons. The topological polar surface area (TPSA) is 141 Å². The Bertz CT molecular complexity index is 2660. The van der Waals surface area contributed by atoms with Gasteiger partial charge in [-0.05, 0) is 115 Å². The number of amides is 3. The third-order valence-electron chi connectivity index (χ3n) is 15.0. The van der Waals surface area contributed by atoms with Gasteiger partial charge in [0.25, 0.3) is 5.91 Å². The number of carbonyl (C=O) groups excluding carboxylic acids is 3. The number of hydrogen-bond acceptors (Lipinski definition) is 9. The molecule has 1 spiro atoms. The molecule has 3 N–H and O–H groups in total. The van der Waals surface area contributed by atoms with Crippen molar-refractivity contribution >= 4 is 48.0 Å². The number of para-hydroxylation sites is 1. The van der Waals surface area contributed by atoms with Gasteiger partial charge in [-0.2, -0.15) is 0 Å². The summed E-state index contributed by atoms with van der Waals surface area (Å²) in [5, 5.41) is 24.6. The largest absolute Gasteiger partial charge is 0.497 e. The van der Waals surface area contributed by atoms with Crippen molar-refractivity contribution in [3.05, 3.63) is 143 Å². The minimum atomic E-state index is -2.57. The van der Waals surface area contributed by atoms with Crippen LogP contribution in [-0.2, 0) is 50.7 Å². The quantitative estimate of drug-likeness (QED) is 0.0696. The van der Waals surface area contributed by atoms with E-state index < -0.39 is 25.8 Å². The summed E-state index contributed by atoms with van der Waals surface area (Å²) in [5.41, 5.74) is 5.51. The fourth-order valence-corrected chi connectivity index (χ4v) is 15.7. The average molecular weight is 937 g/mol. The molecule has 0 bridgehead atoms. The SMILES string of the molecule is CCOc1ccc2c(c1)CC(NCCCCO)C(=O)N2c1cccc(CN2C(=O)[C@]3(O[C@H](CC(=O)N4Cc5ccccc5C[C@H]4CO)[C@@H]([Si](C)(C)c4ccc(OC)cc4)[C@@H]3C)c3ccccc32)c1. The Hall–Kier alpha value is -5.83. The van der Waals surface area contributed by atoms with Gasteiger partial charge in [-0.25, -0.2) is 0 Å². The van der Waals surface area contributed by atoms with Crippen LogP contribution in [0.1, 0.15) is 60.9 Å². The van der Waals surface area contributed by atoms with E-state index >= 15 is 4.79 Å². The first-order chi connectivity index (χ1) is 32.9. The number of aliphatic hydroxyl groups is 2. The summed E-state index contributed by atoms with van der Waals surface area (Å²) in [7, 11) is -0.916. The number of methoxy groups -OCH3 is 1. The smallest absolute Gasteiger partial charge is 0.264 e. The van der Waals surface area contributed by atoms with E-state index in [0.29, 0.717) is 44.6 Å². The van der Waals surface area contributed by atoms with Crippen LogP contribution in [-0.4, -0.2) is 92.6 Å². The van der Waals surface area contributed by atoms with Crippen molar-refractivity contribution in [2.75, 3.05) is 43.3 Å². The Labute approximate surface area is 400 Å². The molecule has 4 heterocycles. The summed E-state index contributed by atoms with van der Waals surface area (Å²) in [4.78, 5) is 50.3. The molecule has 1 fully saturated rings. The first-order valence-electron chi connectivity index (χ1n) is 24.2. The van der Waals surface area contributed by atoms with E-state index in [1.807, 2.05) is 114 Å². The van der Waals surface area contributed by atoms with Crippen LogP contribution < -0.4 is 29.8 Å². The summed E-state index contributed by atoms with van der Waals surface area (Å²) in [6.45, 7) is 10.4. The highest BCUT2D eigenvalue weighted by molar-refractivity contribution is 6.91. The van der Waals surface area contributed by atoms with Gasteiger partial charge in [-0.1, -0.05) is 91.9 Å². The molecule has 13 heteroatoms. The normalized spacial score (nSPS) is 23.2. The predicted molar refractivity (Wildman–Crippen MR) is 266 cm³/mol. The van der Waals surface area contributed by atoms with E-state index in [0.717, 1.165) is 57.1 Å². The van der Waals surface area contributed by atoms with Gasteiger partial charge in [0, 0.05) is 30.3 Å². The maximum atomic E-state index is 15.7. The number of fused-ring (bicyclic) bond motifs is 4. The molecule has 5 aromatic rings. The highest BCUT2D eigenvalue weighted by Gasteiger charge is 2.66. The second-order valence-corrected chi connectivity index (χ2v) is 24.0. The molecule has 5 aromatic carbocycles. The number of hydrogen-bond donors (Lipinski definition) is 3. The lowest BCUT2D eigenvalue weighted by molar-refractivity contribution is -0.151. The lowest BCUT2D eigenvalue weighted by atomic mass is 9.82. The van der Waals surface area contributed by atoms with E-state index in [9.17, 15) is 19.8 Å². The van der Waals surface area contributed by atoms with Crippen LogP contribution in [0, 0.1) is 5.92 Å². The van der Waals surface area contributed by atoms with Crippen LogP contribution in [0.15, 0.2) is 115 Å². The summed E-state index contributed by atoms with van der Waals surface area (Å²) in [5.74, 6) is 0.823. The molecule has 9 rings (SSSR count). The molecule has 68 heavy (non-hydrogen) atoms. The molecule has 4 aliphatic rings. The zero-order valence-corrected chi connectivity index (χ0v) is 40.8. The number of aliphatic hydroxyl groups excluding tert-OH is 2. The Morgan fingerprint density at radius 2 is 1.60 bits per heavy atom. The fraction of sp³-hybridized carbons (Fsp3) is 0.400. The van der Waals surface area contributed by atoms with Crippen molar-refractivity contribution in [3.63, 3.8) is 0 Å². The molecule has 12 nitrogen and oxygen atoms in total. The van der Waals surface area contributed by atoms with Crippen LogP contribution >= 0.6 is 0 Å². The van der Waals surface area contributed by atoms with Crippen molar-refractivity contribution in [2.45, 2.75) is 101 Å². The average Bonchev–Trinajstić information content (AvgIpc) is 3.78. The molecule has 356 valence electrons. The van der Waals surface area contributed by atoms with Gasteiger partial charge in [-0.3, -0.25) is 19.3 Å². The van der Waals surface area contributed by atoms with E-state index in [-0.39, 0.29) is 61.4 Å². The molecule has 4 aliphatic heterocycles. The van der Waals surface area contributed by atoms with Gasteiger partial charge in [0.15, 0.2) is 5.60 Å². The first kappa shape index (κ1) is 47.2. The number of ether oxygens (including phenoxy) is 3. The first-order valence-corrected chi connectivity index (χ1v) is 27.2. The summed E-state index contributed by atoms with van der Waals surface area (Å²) in [6.07, 6.45) is 1.93. The van der Waals surface area contributed by atoms with E-state index in [1.165, 1.54) is 5.19 Å². The molecule has 0 aliphatic carbocycles. The maximum absolute atomic E-state index is 15.7. The number of carbonyl (C=O) groups is 3. The van der Waals surface area contributed by atoms with Crippen molar-refractivity contribution in [1.82, 2.24) is 10.2 Å². The summed E-state index contributed by atoms with van der Waals surface area (Å²) >= 11 is 0. The minimum absolute atomic E-state index is 0.0637. The number of benzene rings is 5. The molecule has 1 saturated heterocycles. The lowest BCUT2D eigenvalue weighted by Crippen LogP contribution is -2.52. The van der Waals surface area contributed by atoms with Crippen LogP contribution in [0.2, 0.25) is 18.6 Å². The van der Waals surface area contributed by atoms with Gasteiger partial charge in [0.05, 0.1) is 70.9 Å². The molecule has 0 aromatic heterocycles. The maximum Gasteiger partial charge on any atom is 0.264 e. The van der Waals surface area contributed by atoms with E-state index in [1.54, 1.807) is 12.0 Å². The van der Waals surface area contributed by atoms with Crippen LogP contribution in [0.3, 0.4) is 0 Å². The van der Waals surface area contributed by atoms with Crippen LogP contribution in [0.25, 0.3) is 0 Å². The molecule has 0 saturated carbocycles. The number of nitrogens with one attached hydrogen (secondary N) is 1. The standard InChI is InChI=1S/C55H64N4O8Si/c1-6-66-44-22-25-48-40(30-44)31-47(56-26-11-12-27-60)53(63)59(48)41-17-13-14-37(28-41)33-58-49-19-10-9-18-46(49)55(54(58)64)36(2)52(68(4,5)45-23-20-43(65-3)21-24-45)50(67-55)32-51(62)57-34-39-16-8-7-15-38(39)29-42(57)35-61/h7-10,13-25,28,30,36,42,47,50,52,56,60-61H,6,11-12,26-27,29,31-35H2,1-5H3/t36-,42-,47?,50+,52-,55+/m0/s1. The van der Waals surface area contributed by atoms with E-state index in [4.69, 9.17) is 14.2 Å². The van der Waals surface area contributed by atoms with Crippen LogP contribution in [0.5, 0.6) is 11.5 Å². The van der Waals surface area contributed by atoms with Crippen molar-refractivity contribution in [1.29, 1.82) is 0 Å². The monoisotopic (exact) mass is 936 g/mol. The highest BCUT2D eigenvalue weighted by atomic mass is 28.3. The second kappa shape index (κ2) is 19.6. The fourth-order valence-electron chi connectivity index (χ4n) is 11.7. The number of nitrogens with zero attached hydrogens (tertiary/aromatic N) is 3. The number of unbranched alkanes of at least 4 members (excludes halogenated alkanes) is 1. The Morgan fingerprint density at radius 3 is 2.35 bits per heavy atom. The Kier molecular flexibility index (Phi) is 13.6. The lowest BCUT2D eigenvalue weighted by Gasteiger charge is -2.39. The van der Waals surface area contributed by atoms with Gasteiger partial charge >= 0.3 is 0 Å². The van der Waals surface area contributed by atoms with Gasteiger partial charge in [0.2, 0.25) is 11.8 Å². The zero-order valence-electron chi connectivity index (χ0n) is 39.8. The third kappa shape index (κ3) is 8.53. The number of rotatable bonds is 16. The molecular formula is C55H64N4O8Si. The van der Waals surface area contributed by atoms with Crippen molar-refractivity contribution < 1.29 is 38.8 Å². The van der Waals surface area contributed by atoms with Crippen LogP contribution in [0.4, 0.5) is 17.1 Å². The van der Waals surface area contributed by atoms with Crippen molar-refractivity contribution in [2.24, 2.45) is 5.92 Å².